The van der Waals surface area contributed by atoms with Gasteiger partial charge in [0.25, 0.3) is 5.91 Å². The molecule has 1 aliphatic rings. The minimum absolute atomic E-state index is 0.0316. The normalized spacial score (nSPS) is 15.8. The molecule has 1 fully saturated rings. The van der Waals surface area contributed by atoms with Crippen LogP contribution in [-0.4, -0.2) is 46.9 Å². The standard InChI is InChI=1S/C23H27N5O2S/c1-26(2)21(29)12-15-27-13-6-11-20(27)22(30)25-23-24-18(16-31-23)19-10-7-14-28(19)17-8-4-3-5-9-17/h3-6,8-9,11,13,16,19H,7,10,12,14-15H2,1-2H3,(H,24,25,30)/t19-/m1/s1. The molecular weight excluding hydrogens is 410 g/mol. The number of carbonyl (C=O) groups excluding carboxylic acids is 2. The summed E-state index contributed by atoms with van der Waals surface area (Å²) in [5.74, 6) is -0.182. The highest BCUT2D eigenvalue weighted by molar-refractivity contribution is 7.14. The van der Waals surface area contributed by atoms with Crippen molar-refractivity contribution in [1.29, 1.82) is 0 Å². The minimum Gasteiger partial charge on any atom is -0.363 e. The number of aromatic nitrogens is 2. The molecule has 1 atom stereocenters. The van der Waals surface area contributed by atoms with Gasteiger partial charge in [-0.25, -0.2) is 4.98 Å². The van der Waals surface area contributed by atoms with Gasteiger partial charge in [-0.2, -0.15) is 0 Å². The zero-order chi connectivity index (χ0) is 21.8. The average Bonchev–Trinajstić information content (AvgIpc) is 3.52. The van der Waals surface area contributed by atoms with Crippen LogP contribution in [0.3, 0.4) is 0 Å². The topological polar surface area (TPSA) is 70.5 Å². The summed E-state index contributed by atoms with van der Waals surface area (Å²) in [6.07, 6.45) is 4.34. The number of benzene rings is 1. The maximum absolute atomic E-state index is 12.8. The summed E-state index contributed by atoms with van der Waals surface area (Å²) in [4.78, 5) is 33.3. The molecule has 0 radical (unpaired) electrons. The average molecular weight is 438 g/mol. The lowest BCUT2D eigenvalue weighted by atomic mass is 10.1. The van der Waals surface area contributed by atoms with E-state index in [2.05, 4.69) is 34.5 Å². The molecule has 0 unspecified atom stereocenters. The highest BCUT2D eigenvalue weighted by Gasteiger charge is 2.28. The SMILES string of the molecule is CN(C)C(=O)CCn1cccc1C(=O)Nc1nc([C@H]2CCCN2c2ccccc2)cs1. The van der Waals surface area contributed by atoms with E-state index >= 15 is 0 Å². The molecule has 1 N–H and O–H groups in total. The van der Waals surface area contributed by atoms with Crippen molar-refractivity contribution in [3.05, 3.63) is 65.4 Å². The van der Waals surface area contributed by atoms with Gasteiger partial charge in [-0.05, 0) is 37.1 Å². The van der Waals surface area contributed by atoms with Gasteiger partial charge in [-0.15, -0.1) is 11.3 Å². The second-order valence-electron chi connectivity index (χ2n) is 7.84. The Morgan fingerprint density at radius 2 is 2.00 bits per heavy atom. The molecule has 4 rings (SSSR count). The summed E-state index contributed by atoms with van der Waals surface area (Å²) in [6.45, 7) is 1.47. The minimum atomic E-state index is -0.213. The number of aryl methyl sites for hydroxylation is 1. The zero-order valence-electron chi connectivity index (χ0n) is 17.8. The van der Waals surface area contributed by atoms with Crippen LogP contribution in [-0.2, 0) is 11.3 Å². The van der Waals surface area contributed by atoms with Crippen molar-refractivity contribution in [2.45, 2.75) is 31.8 Å². The Kier molecular flexibility index (Phi) is 6.36. The van der Waals surface area contributed by atoms with E-state index < -0.39 is 0 Å². The van der Waals surface area contributed by atoms with Crippen molar-refractivity contribution in [2.24, 2.45) is 0 Å². The Morgan fingerprint density at radius 3 is 2.77 bits per heavy atom. The van der Waals surface area contributed by atoms with E-state index in [1.165, 1.54) is 17.0 Å². The predicted octanol–water partition coefficient (Wildman–Crippen LogP) is 4.02. The first-order chi connectivity index (χ1) is 15.0. The van der Waals surface area contributed by atoms with Crippen molar-refractivity contribution < 1.29 is 9.59 Å². The Balaban J connectivity index is 1.42. The van der Waals surface area contributed by atoms with Crippen molar-refractivity contribution in [3.63, 3.8) is 0 Å². The summed E-state index contributed by atoms with van der Waals surface area (Å²) < 4.78 is 1.80. The van der Waals surface area contributed by atoms with Crippen LogP contribution in [0, 0.1) is 0 Å². The van der Waals surface area contributed by atoms with E-state index in [0.717, 1.165) is 25.1 Å². The molecule has 3 aromatic rings. The smallest absolute Gasteiger partial charge is 0.274 e. The van der Waals surface area contributed by atoms with Crippen molar-refractivity contribution in [1.82, 2.24) is 14.5 Å². The molecule has 0 saturated carbocycles. The fourth-order valence-corrected chi connectivity index (χ4v) is 4.67. The van der Waals surface area contributed by atoms with Crippen LogP contribution in [0.25, 0.3) is 0 Å². The summed E-state index contributed by atoms with van der Waals surface area (Å²) >= 11 is 1.45. The van der Waals surface area contributed by atoms with E-state index in [0.29, 0.717) is 23.8 Å². The third-order valence-electron chi connectivity index (χ3n) is 5.55. The molecule has 1 aliphatic heterocycles. The van der Waals surface area contributed by atoms with Gasteiger partial charge in [-0.1, -0.05) is 18.2 Å². The van der Waals surface area contributed by atoms with Gasteiger partial charge >= 0.3 is 0 Å². The highest BCUT2D eigenvalue weighted by atomic mass is 32.1. The molecule has 1 saturated heterocycles. The molecule has 31 heavy (non-hydrogen) atoms. The van der Waals surface area contributed by atoms with Gasteiger partial charge < -0.3 is 14.4 Å². The second-order valence-corrected chi connectivity index (χ2v) is 8.70. The molecule has 162 valence electrons. The van der Waals surface area contributed by atoms with Crippen molar-refractivity contribution in [2.75, 3.05) is 30.9 Å². The number of hydrogen-bond acceptors (Lipinski definition) is 5. The summed E-state index contributed by atoms with van der Waals surface area (Å²) in [6, 6.07) is 14.2. The number of nitrogens with zero attached hydrogens (tertiary/aromatic N) is 4. The highest BCUT2D eigenvalue weighted by Crippen LogP contribution is 2.37. The lowest BCUT2D eigenvalue weighted by molar-refractivity contribution is -0.128. The number of thiazole rings is 1. The van der Waals surface area contributed by atoms with Gasteiger partial charge in [-0.3, -0.25) is 14.9 Å². The number of anilines is 2. The van der Waals surface area contributed by atoms with Crippen LogP contribution in [0.1, 0.15) is 41.5 Å². The van der Waals surface area contributed by atoms with Gasteiger partial charge in [0.1, 0.15) is 5.69 Å². The van der Waals surface area contributed by atoms with Gasteiger partial charge in [0.15, 0.2) is 5.13 Å². The number of hydrogen-bond donors (Lipinski definition) is 1. The van der Waals surface area contributed by atoms with E-state index in [1.807, 2.05) is 23.7 Å². The number of amides is 2. The molecule has 7 nitrogen and oxygen atoms in total. The third-order valence-corrected chi connectivity index (χ3v) is 6.33. The molecule has 0 spiro atoms. The number of nitrogens with one attached hydrogen (secondary N) is 1. The number of rotatable bonds is 7. The zero-order valence-corrected chi connectivity index (χ0v) is 18.6. The third kappa shape index (κ3) is 4.80. The first kappa shape index (κ1) is 21.1. The first-order valence-electron chi connectivity index (χ1n) is 10.5. The van der Waals surface area contributed by atoms with Crippen LogP contribution >= 0.6 is 11.3 Å². The quantitative estimate of drug-likeness (QED) is 0.606. The lowest BCUT2D eigenvalue weighted by Gasteiger charge is -2.25. The molecule has 0 bridgehead atoms. The summed E-state index contributed by atoms with van der Waals surface area (Å²) in [5, 5.41) is 5.56. The molecule has 0 aliphatic carbocycles. The molecular formula is C23H27N5O2S. The molecule has 1 aromatic carbocycles. The number of carbonyl (C=O) groups is 2. The van der Waals surface area contributed by atoms with Crippen LogP contribution < -0.4 is 10.2 Å². The van der Waals surface area contributed by atoms with Crippen LogP contribution in [0.4, 0.5) is 10.8 Å². The van der Waals surface area contributed by atoms with Crippen LogP contribution in [0.5, 0.6) is 0 Å². The van der Waals surface area contributed by atoms with E-state index in [-0.39, 0.29) is 17.9 Å². The monoisotopic (exact) mass is 437 g/mol. The molecule has 8 heteroatoms. The Bertz CT molecular complexity index is 1040. The van der Waals surface area contributed by atoms with Crippen molar-refractivity contribution in [3.8, 4) is 0 Å². The largest absolute Gasteiger partial charge is 0.363 e. The Hall–Kier alpha value is -3.13. The lowest BCUT2D eigenvalue weighted by Crippen LogP contribution is -2.24. The Morgan fingerprint density at radius 1 is 1.19 bits per heavy atom. The second kappa shape index (κ2) is 9.34. The summed E-state index contributed by atoms with van der Waals surface area (Å²) in [7, 11) is 3.46. The maximum Gasteiger partial charge on any atom is 0.274 e. The van der Waals surface area contributed by atoms with E-state index in [1.54, 1.807) is 29.6 Å². The van der Waals surface area contributed by atoms with Crippen molar-refractivity contribution >= 4 is 34.0 Å². The van der Waals surface area contributed by atoms with Crippen LogP contribution in [0.15, 0.2) is 54.0 Å². The van der Waals surface area contributed by atoms with Gasteiger partial charge in [0, 0.05) is 50.9 Å². The van der Waals surface area contributed by atoms with Gasteiger partial charge in [0.2, 0.25) is 5.91 Å². The maximum atomic E-state index is 12.8. The molecule has 2 amide bonds. The van der Waals surface area contributed by atoms with E-state index in [9.17, 15) is 9.59 Å². The molecule has 3 heterocycles. The summed E-state index contributed by atoms with van der Waals surface area (Å²) in [5.41, 5.74) is 2.72. The molecule has 2 aromatic heterocycles. The van der Waals surface area contributed by atoms with E-state index in [4.69, 9.17) is 4.98 Å². The van der Waals surface area contributed by atoms with Crippen LogP contribution in [0.2, 0.25) is 0 Å². The first-order valence-corrected chi connectivity index (χ1v) is 11.3. The van der Waals surface area contributed by atoms with Gasteiger partial charge in [0.05, 0.1) is 11.7 Å². The fourth-order valence-electron chi connectivity index (χ4n) is 3.92. The Labute approximate surface area is 186 Å². The fraction of sp³-hybridized carbons (Fsp3) is 0.348. The predicted molar refractivity (Wildman–Crippen MR) is 124 cm³/mol. The number of para-hydroxylation sites is 1.